The van der Waals surface area contributed by atoms with Crippen molar-refractivity contribution in [2.24, 2.45) is 0 Å². The van der Waals surface area contributed by atoms with Gasteiger partial charge in [0, 0.05) is 17.1 Å². The molecule has 0 aliphatic carbocycles. The van der Waals surface area contributed by atoms with Gasteiger partial charge in [-0.3, -0.25) is 9.71 Å². The van der Waals surface area contributed by atoms with Crippen molar-refractivity contribution in [2.45, 2.75) is 44.9 Å². The van der Waals surface area contributed by atoms with Crippen molar-refractivity contribution in [3.8, 4) is 5.69 Å². The summed E-state index contributed by atoms with van der Waals surface area (Å²) < 4.78 is 30.6. The van der Waals surface area contributed by atoms with Crippen LogP contribution in [0.2, 0.25) is 0 Å². The minimum absolute atomic E-state index is 0.0499. The molecule has 0 radical (unpaired) electrons. The van der Waals surface area contributed by atoms with Gasteiger partial charge in [0.05, 0.1) is 21.8 Å². The Morgan fingerprint density at radius 2 is 1.58 bits per heavy atom. The maximum absolute atomic E-state index is 13.1. The quantitative estimate of drug-likeness (QED) is 0.483. The van der Waals surface area contributed by atoms with Crippen LogP contribution in [0.3, 0.4) is 0 Å². The van der Waals surface area contributed by atoms with E-state index in [-0.39, 0.29) is 10.3 Å². The Morgan fingerprint density at radius 3 is 2.26 bits per heavy atom. The van der Waals surface area contributed by atoms with Crippen LogP contribution < -0.4 is 4.72 Å². The van der Waals surface area contributed by atoms with E-state index in [1.807, 2.05) is 56.3 Å². The number of anilines is 1. The minimum atomic E-state index is -3.78. The summed E-state index contributed by atoms with van der Waals surface area (Å²) in [5.74, 6) is 0.383. The Balaban J connectivity index is 1.77. The molecule has 0 amide bonds. The largest absolute Gasteiger partial charge is 0.263 e. The second kappa shape index (κ2) is 7.50. The first-order chi connectivity index (χ1) is 14.5. The van der Waals surface area contributed by atoms with Crippen LogP contribution in [0.4, 0.5) is 5.82 Å². The number of fused-ring (bicyclic) bond motifs is 1. The molecule has 160 valence electrons. The lowest BCUT2D eigenvalue weighted by atomic mass is 9.87. The lowest BCUT2D eigenvalue weighted by Crippen LogP contribution is -2.17. The number of para-hydroxylation sites is 1. The lowest BCUT2D eigenvalue weighted by molar-refractivity contribution is 0.587. The van der Waals surface area contributed by atoms with Gasteiger partial charge in [0.25, 0.3) is 10.0 Å². The molecule has 2 aromatic carbocycles. The number of nitrogens with zero attached hydrogens (tertiary/aromatic N) is 3. The predicted octanol–water partition coefficient (Wildman–Crippen LogP) is 5.14. The van der Waals surface area contributed by atoms with Gasteiger partial charge in [0.1, 0.15) is 5.82 Å². The average Bonchev–Trinajstić information content (AvgIpc) is 3.06. The molecule has 0 spiro atoms. The molecule has 0 aliphatic rings. The van der Waals surface area contributed by atoms with Crippen LogP contribution >= 0.6 is 0 Å². The van der Waals surface area contributed by atoms with Crippen LogP contribution in [0.1, 0.15) is 37.7 Å². The van der Waals surface area contributed by atoms with Crippen molar-refractivity contribution in [3.63, 3.8) is 0 Å². The number of hydrogen-bond donors (Lipinski definition) is 1. The van der Waals surface area contributed by atoms with E-state index in [0.29, 0.717) is 11.5 Å². The standard InChI is InChI=1S/C24H26N4O2S/c1-16-14-22(20-8-6-7-9-21(20)25-16)28-23(15-17(2)26-28)27-31(29,30)19-12-10-18(11-13-19)24(3,4)5/h6-15,27H,1-5H3. The summed E-state index contributed by atoms with van der Waals surface area (Å²) in [6.45, 7) is 10.0. The topological polar surface area (TPSA) is 76.9 Å². The fourth-order valence-electron chi connectivity index (χ4n) is 3.55. The van der Waals surface area contributed by atoms with E-state index in [9.17, 15) is 8.42 Å². The van der Waals surface area contributed by atoms with Crippen LogP contribution in [0.15, 0.2) is 65.6 Å². The Kier molecular flexibility index (Phi) is 5.09. The first-order valence-electron chi connectivity index (χ1n) is 10.1. The lowest BCUT2D eigenvalue weighted by Gasteiger charge is -2.19. The van der Waals surface area contributed by atoms with Gasteiger partial charge in [-0.25, -0.2) is 13.1 Å². The molecule has 2 heterocycles. The fourth-order valence-corrected chi connectivity index (χ4v) is 4.58. The third-order valence-electron chi connectivity index (χ3n) is 5.15. The van der Waals surface area contributed by atoms with E-state index in [4.69, 9.17) is 0 Å². The number of aromatic nitrogens is 3. The molecular formula is C24H26N4O2S. The van der Waals surface area contributed by atoms with Crippen molar-refractivity contribution in [3.05, 3.63) is 77.6 Å². The second-order valence-corrected chi connectivity index (χ2v) is 10.4. The molecule has 2 aromatic heterocycles. The van der Waals surface area contributed by atoms with Crippen molar-refractivity contribution >= 4 is 26.7 Å². The van der Waals surface area contributed by atoms with E-state index in [1.54, 1.807) is 22.9 Å². The maximum atomic E-state index is 13.1. The molecular weight excluding hydrogens is 408 g/mol. The molecule has 0 atom stereocenters. The zero-order valence-corrected chi connectivity index (χ0v) is 19.2. The highest BCUT2D eigenvalue weighted by atomic mass is 32.2. The van der Waals surface area contributed by atoms with E-state index >= 15 is 0 Å². The van der Waals surface area contributed by atoms with Crippen molar-refractivity contribution < 1.29 is 8.42 Å². The number of pyridine rings is 1. The summed E-state index contributed by atoms with van der Waals surface area (Å²) in [4.78, 5) is 4.78. The average molecular weight is 435 g/mol. The third kappa shape index (κ3) is 4.18. The molecule has 4 rings (SSSR count). The number of benzene rings is 2. The third-order valence-corrected chi connectivity index (χ3v) is 6.52. The molecule has 4 aromatic rings. The normalized spacial score (nSPS) is 12.3. The van der Waals surface area contributed by atoms with Gasteiger partial charge in [-0.05, 0) is 49.1 Å². The van der Waals surface area contributed by atoms with Crippen LogP contribution in [0.25, 0.3) is 16.6 Å². The number of aryl methyl sites for hydroxylation is 2. The molecule has 0 aliphatic heterocycles. The molecule has 6 nitrogen and oxygen atoms in total. The van der Waals surface area contributed by atoms with E-state index in [2.05, 4.69) is 35.6 Å². The van der Waals surface area contributed by atoms with E-state index < -0.39 is 10.0 Å². The molecule has 0 bridgehead atoms. The van der Waals surface area contributed by atoms with E-state index in [1.165, 1.54) is 0 Å². The summed E-state index contributed by atoms with van der Waals surface area (Å²) in [6, 6.07) is 18.4. The number of nitrogens with one attached hydrogen (secondary N) is 1. The van der Waals surface area contributed by atoms with Gasteiger partial charge < -0.3 is 0 Å². The first-order valence-corrected chi connectivity index (χ1v) is 11.6. The molecule has 1 N–H and O–H groups in total. The second-order valence-electron chi connectivity index (χ2n) is 8.76. The van der Waals surface area contributed by atoms with E-state index in [0.717, 1.165) is 27.8 Å². The Labute approximate surface area is 183 Å². The number of rotatable bonds is 4. The predicted molar refractivity (Wildman–Crippen MR) is 124 cm³/mol. The smallest absolute Gasteiger partial charge is 0.263 e. The summed E-state index contributed by atoms with van der Waals surface area (Å²) >= 11 is 0. The van der Waals surface area contributed by atoms with Gasteiger partial charge in [-0.15, -0.1) is 0 Å². The highest BCUT2D eigenvalue weighted by Gasteiger charge is 2.21. The Hall–Kier alpha value is -3.19. The Morgan fingerprint density at radius 1 is 0.903 bits per heavy atom. The van der Waals surface area contributed by atoms with Gasteiger partial charge in [0.15, 0.2) is 0 Å². The van der Waals surface area contributed by atoms with Crippen LogP contribution in [-0.4, -0.2) is 23.2 Å². The molecule has 31 heavy (non-hydrogen) atoms. The minimum Gasteiger partial charge on any atom is -0.263 e. The number of hydrogen-bond acceptors (Lipinski definition) is 4. The van der Waals surface area contributed by atoms with Crippen molar-refractivity contribution in [2.75, 3.05) is 4.72 Å². The van der Waals surface area contributed by atoms with Gasteiger partial charge in [0.2, 0.25) is 0 Å². The van der Waals surface area contributed by atoms with Gasteiger partial charge in [-0.2, -0.15) is 5.10 Å². The highest BCUT2D eigenvalue weighted by Crippen LogP contribution is 2.28. The zero-order valence-electron chi connectivity index (χ0n) is 18.3. The molecule has 0 unspecified atom stereocenters. The Bertz CT molecular complexity index is 1370. The van der Waals surface area contributed by atoms with Crippen molar-refractivity contribution in [1.29, 1.82) is 0 Å². The maximum Gasteiger partial charge on any atom is 0.263 e. The highest BCUT2D eigenvalue weighted by molar-refractivity contribution is 7.92. The summed E-state index contributed by atoms with van der Waals surface area (Å²) in [7, 11) is -3.78. The van der Waals surface area contributed by atoms with Crippen LogP contribution in [0, 0.1) is 13.8 Å². The summed E-state index contributed by atoms with van der Waals surface area (Å²) in [5.41, 5.74) is 4.17. The van der Waals surface area contributed by atoms with Crippen LogP contribution in [0.5, 0.6) is 0 Å². The first kappa shape index (κ1) is 21.1. The fraction of sp³-hybridized carbons (Fsp3) is 0.250. The van der Waals surface area contributed by atoms with Gasteiger partial charge >= 0.3 is 0 Å². The SMILES string of the molecule is Cc1cc(-n2nc(C)cc2NS(=O)(=O)c2ccc(C(C)(C)C)cc2)c2ccccc2n1. The molecule has 0 fully saturated rings. The van der Waals surface area contributed by atoms with Gasteiger partial charge in [-0.1, -0.05) is 51.1 Å². The molecule has 0 saturated heterocycles. The zero-order chi connectivity index (χ0) is 22.4. The van der Waals surface area contributed by atoms with Crippen LogP contribution in [-0.2, 0) is 15.4 Å². The molecule has 0 saturated carbocycles. The molecule has 7 heteroatoms. The number of sulfonamides is 1. The monoisotopic (exact) mass is 434 g/mol. The summed E-state index contributed by atoms with van der Waals surface area (Å²) in [6.07, 6.45) is 0. The van der Waals surface area contributed by atoms with Crippen molar-refractivity contribution in [1.82, 2.24) is 14.8 Å². The summed E-state index contributed by atoms with van der Waals surface area (Å²) in [5, 5.41) is 5.45.